The van der Waals surface area contributed by atoms with Crippen molar-refractivity contribution in [2.45, 2.75) is 143 Å². The van der Waals surface area contributed by atoms with Gasteiger partial charge < -0.3 is 14.8 Å². The van der Waals surface area contributed by atoms with Crippen LogP contribution in [0.5, 0.6) is 0 Å². The molecular weight excluding hydrogens is 402 g/mol. The maximum atomic E-state index is 12.6. The van der Waals surface area contributed by atoms with E-state index < -0.39 is 5.60 Å². The van der Waals surface area contributed by atoms with E-state index in [1.807, 2.05) is 20.8 Å². The predicted molar refractivity (Wildman–Crippen MR) is 134 cm³/mol. The fourth-order valence-electron chi connectivity index (χ4n) is 3.74. The van der Waals surface area contributed by atoms with Crippen molar-refractivity contribution >= 4 is 12.1 Å². The second-order valence-corrected chi connectivity index (χ2v) is 10.1. The molecule has 0 aliphatic rings. The van der Waals surface area contributed by atoms with Crippen LogP contribution in [-0.4, -0.2) is 30.8 Å². The molecule has 0 bridgehead atoms. The summed E-state index contributed by atoms with van der Waals surface area (Å²) < 4.78 is 10.8. The van der Waals surface area contributed by atoms with Crippen molar-refractivity contribution in [1.82, 2.24) is 5.32 Å². The largest absolute Gasteiger partial charge is 0.465 e. The van der Waals surface area contributed by atoms with Crippen molar-refractivity contribution in [3.05, 3.63) is 0 Å². The maximum absolute atomic E-state index is 12.6. The van der Waals surface area contributed by atoms with E-state index in [2.05, 4.69) is 19.2 Å². The average molecular weight is 456 g/mol. The molecule has 1 amide bonds. The summed E-state index contributed by atoms with van der Waals surface area (Å²) in [6, 6.07) is 0. The van der Waals surface area contributed by atoms with E-state index in [-0.39, 0.29) is 18.0 Å². The van der Waals surface area contributed by atoms with Gasteiger partial charge in [-0.25, -0.2) is 4.79 Å². The van der Waals surface area contributed by atoms with E-state index in [1.54, 1.807) is 0 Å². The summed E-state index contributed by atoms with van der Waals surface area (Å²) in [6.07, 6.45) is 17.8. The summed E-state index contributed by atoms with van der Waals surface area (Å²) in [5.74, 6) is 0.0951. The predicted octanol–water partition coefficient (Wildman–Crippen LogP) is 7.95. The van der Waals surface area contributed by atoms with Crippen LogP contribution in [0.15, 0.2) is 0 Å². The zero-order chi connectivity index (χ0) is 24.1. The number of hydrogen-bond acceptors (Lipinski definition) is 4. The van der Waals surface area contributed by atoms with Crippen molar-refractivity contribution in [2.24, 2.45) is 5.92 Å². The smallest absolute Gasteiger partial charge is 0.407 e. The van der Waals surface area contributed by atoms with Gasteiger partial charge in [-0.05, 0) is 52.9 Å². The number of unbranched alkanes of at least 4 members (excludes halogenated alkanes) is 11. The summed E-state index contributed by atoms with van der Waals surface area (Å²) in [5.41, 5.74) is -0.461. The van der Waals surface area contributed by atoms with Gasteiger partial charge in [-0.1, -0.05) is 84.5 Å². The molecule has 5 heteroatoms. The van der Waals surface area contributed by atoms with Crippen LogP contribution in [0, 0.1) is 5.92 Å². The molecule has 0 fully saturated rings. The lowest BCUT2D eigenvalue weighted by atomic mass is 9.94. The standard InChI is InChI=1S/C27H53NO4/c1-6-8-10-12-13-17-21-24(20-16-11-9-7-2)25(29)31-23-19-15-14-18-22-28-26(30)32-27(3,4)5/h24H,6-23H2,1-5H3,(H,28,30). The topological polar surface area (TPSA) is 64.6 Å². The van der Waals surface area contributed by atoms with Crippen molar-refractivity contribution in [3.63, 3.8) is 0 Å². The number of alkyl carbamates (subject to hydrolysis) is 1. The quantitative estimate of drug-likeness (QED) is 0.149. The third-order valence-corrected chi connectivity index (χ3v) is 5.63. The monoisotopic (exact) mass is 455 g/mol. The minimum atomic E-state index is -0.461. The van der Waals surface area contributed by atoms with Crippen LogP contribution in [0.3, 0.4) is 0 Å². The average Bonchev–Trinajstić information content (AvgIpc) is 2.72. The Morgan fingerprint density at radius 2 is 1.22 bits per heavy atom. The first-order chi connectivity index (χ1) is 15.3. The van der Waals surface area contributed by atoms with E-state index in [0.717, 1.165) is 51.4 Å². The van der Waals surface area contributed by atoms with E-state index in [1.165, 1.54) is 51.4 Å². The Balaban J connectivity index is 3.96. The van der Waals surface area contributed by atoms with Crippen LogP contribution in [0.1, 0.15) is 137 Å². The highest BCUT2D eigenvalue weighted by molar-refractivity contribution is 5.72. The Morgan fingerprint density at radius 1 is 0.719 bits per heavy atom. The number of amides is 1. The van der Waals surface area contributed by atoms with Crippen molar-refractivity contribution in [3.8, 4) is 0 Å². The number of esters is 1. The zero-order valence-electron chi connectivity index (χ0n) is 21.9. The minimum Gasteiger partial charge on any atom is -0.465 e. The molecule has 0 aromatic carbocycles. The Kier molecular flexibility index (Phi) is 19.6. The first kappa shape index (κ1) is 30.7. The summed E-state index contributed by atoms with van der Waals surface area (Å²) in [7, 11) is 0. The highest BCUT2D eigenvalue weighted by atomic mass is 16.6. The normalized spacial score (nSPS) is 12.4. The molecule has 0 aliphatic heterocycles. The van der Waals surface area contributed by atoms with Crippen LogP contribution in [0.2, 0.25) is 0 Å². The third kappa shape index (κ3) is 20.6. The lowest BCUT2D eigenvalue weighted by molar-refractivity contribution is -0.149. The number of nitrogens with one attached hydrogen (secondary N) is 1. The summed E-state index contributed by atoms with van der Waals surface area (Å²) >= 11 is 0. The van der Waals surface area contributed by atoms with Gasteiger partial charge in [0, 0.05) is 6.54 Å². The number of rotatable bonds is 20. The molecule has 5 nitrogen and oxygen atoms in total. The molecule has 0 radical (unpaired) electrons. The van der Waals surface area contributed by atoms with Gasteiger partial charge in [-0.15, -0.1) is 0 Å². The Bertz CT molecular complexity index is 459. The van der Waals surface area contributed by atoms with Gasteiger partial charge in [0.2, 0.25) is 0 Å². The highest BCUT2D eigenvalue weighted by Gasteiger charge is 2.19. The van der Waals surface area contributed by atoms with Crippen molar-refractivity contribution in [2.75, 3.05) is 13.2 Å². The summed E-state index contributed by atoms with van der Waals surface area (Å²) in [5, 5.41) is 2.78. The molecular formula is C27H53NO4. The van der Waals surface area contributed by atoms with Crippen LogP contribution in [0.4, 0.5) is 4.79 Å². The van der Waals surface area contributed by atoms with Gasteiger partial charge in [0.1, 0.15) is 5.60 Å². The molecule has 0 heterocycles. The van der Waals surface area contributed by atoms with Gasteiger partial charge in [-0.2, -0.15) is 0 Å². The second kappa shape index (κ2) is 20.4. The Hall–Kier alpha value is -1.26. The summed E-state index contributed by atoms with van der Waals surface area (Å²) in [6.45, 7) is 11.2. The molecule has 0 saturated heterocycles. The van der Waals surface area contributed by atoms with Crippen LogP contribution < -0.4 is 5.32 Å². The summed E-state index contributed by atoms with van der Waals surface area (Å²) in [4.78, 5) is 24.2. The Morgan fingerprint density at radius 3 is 1.81 bits per heavy atom. The zero-order valence-corrected chi connectivity index (χ0v) is 21.9. The number of hydrogen-bond donors (Lipinski definition) is 1. The van der Waals surface area contributed by atoms with E-state index >= 15 is 0 Å². The lowest BCUT2D eigenvalue weighted by Gasteiger charge is -2.19. The van der Waals surface area contributed by atoms with Crippen LogP contribution in [-0.2, 0) is 14.3 Å². The Labute approximate surface area is 198 Å². The highest BCUT2D eigenvalue weighted by Crippen LogP contribution is 2.20. The van der Waals surface area contributed by atoms with E-state index in [4.69, 9.17) is 9.47 Å². The number of ether oxygens (including phenoxy) is 2. The lowest BCUT2D eigenvalue weighted by Crippen LogP contribution is -2.32. The molecule has 0 saturated carbocycles. The molecule has 1 atom stereocenters. The molecule has 32 heavy (non-hydrogen) atoms. The van der Waals surface area contributed by atoms with Gasteiger partial charge in [0.25, 0.3) is 0 Å². The molecule has 1 N–H and O–H groups in total. The first-order valence-electron chi connectivity index (χ1n) is 13.4. The molecule has 0 aromatic rings. The molecule has 190 valence electrons. The maximum Gasteiger partial charge on any atom is 0.407 e. The SMILES string of the molecule is CCCCCCCCC(CCCCCC)C(=O)OCCCCCCNC(=O)OC(C)(C)C. The molecule has 0 rings (SSSR count). The fourth-order valence-corrected chi connectivity index (χ4v) is 3.74. The van der Waals surface area contributed by atoms with Gasteiger partial charge in [0.15, 0.2) is 0 Å². The molecule has 0 spiro atoms. The van der Waals surface area contributed by atoms with Gasteiger partial charge in [-0.3, -0.25) is 4.79 Å². The minimum absolute atomic E-state index is 0.0154. The van der Waals surface area contributed by atoms with Gasteiger partial charge >= 0.3 is 12.1 Å². The first-order valence-corrected chi connectivity index (χ1v) is 13.4. The molecule has 1 unspecified atom stereocenters. The molecule has 0 aromatic heterocycles. The van der Waals surface area contributed by atoms with Crippen LogP contribution in [0.25, 0.3) is 0 Å². The van der Waals surface area contributed by atoms with Crippen LogP contribution >= 0.6 is 0 Å². The van der Waals surface area contributed by atoms with Crippen molar-refractivity contribution < 1.29 is 19.1 Å². The fraction of sp³-hybridized carbons (Fsp3) is 0.926. The molecule has 0 aliphatic carbocycles. The number of carbonyl (C=O) groups excluding carboxylic acids is 2. The van der Waals surface area contributed by atoms with E-state index in [0.29, 0.717) is 13.2 Å². The van der Waals surface area contributed by atoms with Gasteiger partial charge in [0.05, 0.1) is 12.5 Å². The second-order valence-electron chi connectivity index (χ2n) is 10.1. The van der Waals surface area contributed by atoms with E-state index in [9.17, 15) is 9.59 Å². The number of carbonyl (C=O) groups is 2. The third-order valence-electron chi connectivity index (χ3n) is 5.63. The van der Waals surface area contributed by atoms with Crippen molar-refractivity contribution in [1.29, 1.82) is 0 Å².